The second-order valence-electron chi connectivity index (χ2n) is 5.39. The van der Waals surface area contributed by atoms with Crippen molar-refractivity contribution in [3.8, 4) is 0 Å². The van der Waals surface area contributed by atoms with Gasteiger partial charge in [-0.15, -0.1) is 11.8 Å². The minimum absolute atomic E-state index is 0.0844. The van der Waals surface area contributed by atoms with Gasteiger partial charge in [0.1, 0.15) is 0 Å². The zero-order chi connectivity index (χ0) is 14.2. The van der Waals surface area contributed by atoms with Gasteiger partial charge in [0.15, 0.2) is 0 Å². The molecule has 0 saturated heterocycles. The lowest BCUT2D eigenvalue weighted by molar-refractivity contribution is -0.118. The molecule has 1 aliphatic rings. The molecule has 2 N–H and O–H groups in total. The van der Waals surface area contributed by atoms with Gasteiger partial charge in [-0.1, -0.05) is 31.0 Å². The fraction of sp³-hybridized carbons (Fsp3) is 0.562. The minimum Gasteiger partial charge on any atom is -0.396 e. The highest BCUT2D eigenvalue weighted by Gasteiger charge is 2.24. The molecule has 3 nitrogen and oxygen atoms in total. The van der Waals surface area contributed by atoms with Crippen LogP contribution >= 0.6 is 11.8 Å². The largest absolute Gasteiger partial charge is 0.396 e. The van der Waals surface area contributed by atoms with Gasteiger partial charge in [0, 0.05) is 18.0 Å². The molecule has 1 aromatic rings. The van der Waals surface area contributed by atoms with E-state index >= 15 is 0 Å². The van der Waals surface area contributed by atoms with Gasteiger partial charge in [-0.2, -0.15) is 0 Å². The Morgan fingerprint density at radius 2 is 1.90 bits per heavy atom. The van der Waals surface area contributed by atoms with Crippen molar-refractivity contribution >= 4 is 17.7 Å². The highest BCUT2D eigenvalue weighted by atomic mass is 32.2. The Hall–Kier alpha value is -1.00. The number of rotatable bonds is 6. The van der Waals surface area contributed by atoms with Crippen molar-refractivity contribution in [2.24, 2.45) is 11.8 Å². The first-order valence-electron chi connectivity index (χ1n) is 7.35. The fourth-order valence-corrected chi connectivity index (χ4v) is 3.50. The van der Waals surface area contributed by atoms with E-state index in [4.69, 9.17) is 0 Å². The van der Waals surface area contributed by atoms with Crippen LogP contribution in [0.1, 0.15) is 25.7 Å². The molecule has 0 radical (unpaired) electrons. The van der Waals surface area contributed by atoms with Crippen LogP contribution in [0.3, 0.4) is 0 Å². The van der Waals surface area contributed by atoms with E-state index in [1.54, 1.807) is 11.8 Å². The molecule has 110 valence electrons. The molecule has 1 saturated carbocycles. The van der Waals surface area contributed by atoms with Gasteiger partial charge in [-0.3, -0.25) is 4.79 Å². The van der Waals surface area contributed by atoms with Crippen LogP contribution in [0.15, 0.2) is 35.2 Å². The van der Waals surface area contributed by atoms with Crippen LogP contribution in [0.2, 0.25) is 0 Å². The molecule has 20 heavy (non-hydrogen) atoms. The number of amides is 1. The Morgan fingerprint density at radius 1 is 1.20 bits per heavy atom. The molecule has 0 spiro atoms. The van der Waals surface area contributed by atoms with Gasteiger partial charge < -0.3 is 10.4 Å². The van der Waals surface area contributed by atoms with E-state index in [9.17, 15) is 9.90 Å². The van der Waals surface area contributed by atoms with E-state index in [0.717, 1.165) is 17.7 Å². The molecule has 1 fully saturated rings. The van der Waals surface area contributed by atoms with Crippen LogP contribution in [-0.2, 0) is 4.79 Å². The summed E-state index contributed by atoms with van der Waals surface area (Å²) in [6.45, 7) is 0.957. The van der Waals surface area contributed by atoms with Crippen LogP contribution in [0, 0.1) is 11.8 Å². The number of hydrogen-bond acceptors (Lipinski definition) is 3. The number of aliphatic hydroxyl groups excluding tert-OH is 1. The highest BCUT2D eigenvalue weighted by molar-refractivity contribution is 8.00. The summed E-state index contributed by atoms with van der Waals surface area (Å²) >= 11 is 1.56. The third-order valence-electron chi connectivity index (χ3n) is 3.98. The van der Waals surface area contributed by atoms with Gasteiger partial charge in [0.05, 0.1) is 5.75 Å². The van der Waals surface area contributed by atoms with Crippen LogP contribution < -0.4 is 5.32 Å². The first-order valence-corrected chi connectivity index (χ1v) is 8.33. The molecule has 0 aromatic heterocycles. The quantitative estimate of drug-likeness (QED) is 0.793. The van der Waals surface area contributed by atoms with Crippen molar-refractivity contribution in [1.29, 1.82) is 0 Å². The summed E-state index contributed by atoms with van der Waals surface area (Å²) in [6.07, 6.45) is 4.64. The summed E-state index contributed by atoms with van der Waals surface area (Å²) in [5.74, 6) is 1.35. The summed E-state index contributed by atoms with van der Waals surface area (Å²) < 4.78 is 0. The van der Waals surface area contributed by atoms with Gasteiger partial charge >= 0.3 is 0 Å². The van der Waals surface area contributed by atoms with Crippen molar-refractivity contribution < 1.29 is 9.90 Å². The van der Waals surface area contributed by atoms with E-state index in [0.29, 0.717) is 24.1 Å². The van der Waals surface area contributed by atoms with E-state index in [1.165, 1.54) is 12.8 Å². The number of thioether (sulfide) groups is 1. The Labute approximate surface area is 125 Å². The van der Waals surface area contributed by atoms with E-state index in [2.05, 4.69) is 5.32 Å². The van der Waals surface area contributed by atoms with Gasteiger partial charge in [0.2, 0.25) is 5.91 Å². The number of hydrogen-bond donors (Lipinski definition) is 2. The normalized spacial score (nSPS) is 22.4. The summed E-state index contributed by atoms with van der Waals surface area (Å²) in [7, 11) is 0. The van der Waals surface area contributed by atoms with Crippen molar-refractivity contribution in [2.45, 2.75) is 30.6 Å². The lowest BCUT2D eigenvalue weighted by Crippen LogP contribution is -2.36. The zero-order valence-corrected chi connectivity index (χ0v) is 12.6. The summed E-state index contributed by atoms with van der Waals surface area (Å²) in [4.78, 5) is 13.0. The SMILES string of the molecule is O=C(CSc1ccccc1)NCC1CCCCC1CO. The van der Waals surface area contributed by atoms with Gasteiger partial charge in [-0.05, 0) is 36.8 Å². The molecule has 4 heteroatoms. The van der Waals surface area contributed by atoms with Crippen LogP contribution in [0.25, 0.3) is 0 Å². The minimum atomic E-state index is 0.0844. The first kappa shape index (κ1) is 15.4. The number of carbonyl (C=O) groups is 1. The van der Waals surface area contributed by atoms with E-state index in [1.807, 2.05) is 30.3 Å². The topological polar surface area (TPSA) is 49.3 Å². The maximum Gasteiger partial charge on any atom is 0.230 e. The molecular formula is C16H23NO2S. The monoisotopic (exact) mass is 293 g/mol. The van der Waals surface area contributed by atoms with Crippen LogP contribution in [0.4, 0.5) is 0 Å². The average molecular weight is 293 g/mol. The smallest absolute Gasteiger partial charge is 0.230 e. The molecule has 2 unspecified atom stereocenters. The predicted molar refractivity (Wildman–Crippen MR) is 82.7 cm³/mol. The fourth-order valence-electron chi connectivity index (χ4n) is 2.76. The summed E-state index contributed by atoms with van der Waals surface area (Å²) in [5.41, 5.74) is 0. The number of aliphatic hydroxyl groups is 1. The Balaban J connectivity index is 1.69. The van der Waals surface area contributed by atoms with Crippen LogP contribution in [0.5, 0.6) is 0 Å². The number of nitrogens with one attached hydrogen (secondary N) is 1. The first-order chi connectivity index (χ1) is 9.79. The third-order valence-corrected chi connectivity index (χ3v) is 4.99. The Bertz CT molecular complexity index is 410. The molecule has 2 rings (SSSR count). The van der Waals surface area contributed by atoms with E-state index in [-0.39, 0.29) is 12.5 Å². The Kier molecular flexibility index (Phi) is 6.40. The lowest BCUT2D eigenvalue weighted by atomic mass is 9.79. The Morgan fingerprint density at radius 3 is 2.60 bits per heavy atom. The zero-order valence-electron chi connectivity index (χ0n) is 11.8. The third kappa shape index (κ3) is 4.84. The molecular weight excluding hydrogens is 270 g/mol. The molecule has 1 amide bonds. The van der Waals surface area contributed by atoms with Gasteiger partial charge in [0.25, 0.3) is 0 Å². The average Bonchev–Trinajstić information content (AvgIpc) is 2.52. The molecule has 2 atom stereocenters. The number of benzene rings is 1. The maximum atomic E-state index is 11.9. The van der Waals surface area contributed by atoms with E-state index < -0.39 is 0 Å². The molecule has 0 heterocycles. The standard InChI is InChI=1S/C16H23NO2S/c18-11-14-7-5-4-6-13(14)10-17-16(19)12-20-15-8-2-1-3-9-15/h1-3,8-9,13-14,18H,4-7,10-12H2,(H,17,19). The van der Waals surface area contributed by atoms with Crippen molar-refractivity contribution in [3.05, 3.63) is 30.3 Å². The highest BCUT2D eigenvalue weighted by Crippen LogP contribution is 2.29. The number of carbonyl (C=O) groups excluding carboxylic acids is 1. The van der Waals surface area contributed by atoms with Crippen molar-refractivity contribution in [1.82, 2.24) is 5.32 Å². The molecule has 1 aromatic carbocycles. The summed E-state index contributed by atoms with van der Waals surface area (Å²) in [6, 6.07) is 9.96. The molecule has 1 aliphatic carbocycles. The maximum absolute atomic E-state index is 11.9. The lowest BCUT2D eigenvalue weighted by Gasteiger charge is -2.30. The van der Waals surface area contributed by atoms with Crippen molar-refractivity contribution in [2.75, 3.05) is 18.9 Å². The predicted octanol–water partition coefficient (Wildman–Crippen LogP) is 2.69. The summed E-state index contributed by atoms with van der Waals surface area (Å²) in [5, 5.41) is 12.4. The molecule has 0 aliphatic heterocycles. The van der Waals surface area contributed by atoms with Crippen LogP contribution in [-0.4, -0.2) is 29.9 Å². The second kappa shape index (κ2) is 8.32. The second-order valence-corrected chi connectivity index (χ2v) is 6.44. The van der Waals surface area contributed by atoms with Crippen molar-refractivity contribution in [3.63, 3.8) is 0 Å². The van der Waals surface area contributed by atoms with Gasteiger partial charge in [-0.25, -0.2) is 0 Å². The molecule has 0 bridgehead atoms.